The maximum absolute atomic E-state index is 10.9. The van der Waals surface area contributed by atoms with Gasteiger partial charge in [0.05, 0.1) is 0 Å². The van der Waals surface area contributed by atoms with Crippen molar-refractivity contribution in [1.82, 2.24) is 0 Å². The van der Waals surface area contributed by atoms with Crippen LogP contribution in [0.4, 0.5) is 0 Å². The van der Waals surface area contributed by atoms with E-state index in [0.717, 1.165) is 22.8 Å². The molecule has 0 fully saturated rings. The fourth-order valence-electron chi connectivity index (χ4n) is 1.53. The summed E-state index contributed by atoms with van der Waals surface area (Å²) in [7, 11) is 0. The maximum atomic E-state index is 10.9. The number of aryl methyl sites for hydroxylation is 2. The molecule has 0 saturated carbocycles. The van der Waals surface area contributed by atoms with Crippen LogP contribution in [-0.2, 0) is 0 Å². The quantitative estimate of drug-likeness (QED) is 0.630. The summed E-state index contributed by atoms with van der Waals surface area (Å²) >= 11 is 1.73. The smallest absolute Gasteiger partial charge is 0.150 e. The highest BCUT2D eigenvalue weighted by Gasteiger charge is 2.05. The molecule has 1 heterocycles. The van der Waals surface area contributed by atoms with Crippen molar-refractivity contribution in [2.24, 2.45) is 0 Å². The molecule has 0 aliphatic carbocycles. The van der Waals surface area contributed by atoms with Crippen LogP contribution in [0, 0.1) is 13.8 Å². The van der Waals surface area contributed by atoms with E-state index >= 15 is 0 Å². The summed E-state index contributed by atoms with van der Waals surface area (Å²) in [6, 6.07) is 6.16. The number of benzene rings is 1. The number of hydrogen-bond acceptors (Lipinski definition) is 2. The third-order valence-corrected chi connectivity index (χ3v) is 3.22. The molecule has 0 amide bonds. The molecule has 0 saturated heterocycles. The Morgan fingerprint density at radius 2 is 2.08 bits per heavy atom. The molecular weight excluding hydrogens is 180 g/mol. The van der Waals surface area contributed by atoms with E-state index in [1.54, 1.807) is 11.3 Å². The van der Waals surface area contributed by atoms with E-state index in [0.29, 0.717) is 0 Å². The van der Waals surface area contributed by atoms with Crippen LogP contribution in [0.2, 0.25) is 0 Å². The Morgan fingerprint density at radius 1 is 1.31 bits per heavy atom. The Bertz CT molecular complexity index is 468. The second kappa shape index (κ2) is 2.96. The highest BCUT2D eigenvalue weighted by molar-refractivity contribution is 7.19. The molecule has 0 atom stereocenters. The second-order valence-electron chi connectivity index (χ2n) is 3.18. The van der Waals surface area contributed by atoms with E-state index in [1.807, 2.05) is 13.0 Å². The Morgan fingerprint density at radius 3 is 2.77 bits per heavy atom. The molecule has 0 spiro atoms. The lowest BCUT2D eigenvalue weighted by molar-refractivity contribution is 0.112. The van der Waals surface area contributed by atoms with Crippen LogP contribution < -0.4 is 0 Å². The minimum Gasteiger partial charge on any atom is -0.298 e. The fourth-order valence-corrected chi connectivity index (χ4v) is 2.46. The van der Waals surface area contributed by atoms with Gasteiger partial charge >= 0.3 is 0 Å². The molecule has 0 N–H and O–H groups in total. The summed E-state index contributed by atoms with van der Waals surface area (Å²) in [5, 5.41) is 1.09. The van der Waals surface area contributed by atoms with Crippen molar-refractivity contribution in [2.45, 2.75) is 13.8 Å². The van der Waals surface area contributed by atoms with Gasteiger partial charge in [0, 0.05) is 20.5 Å². The number of carbonyl (C=O) groups is 1. The van der Waals surface area contributed by atoms with E-state index in [-0.39, 0.29) is 0 Å². The highest BCUT2D eigenvalue weighted by atomic mass is 32.1. The minimum atomic E-state index is 0.835. The van der Waals surface area contributed by atoms with Gasteiger partial charge in [-0.05, 0) is 31.5 Å². The highest BCUT2D eigenvalue weighted by Crippen LogP contribution is 2.28. The summed E-state index contributed by atoms with van der Waals surface area (Å²) in [5.74, 6) is 0. The second-order valence-corrected chi connectivity index (χ2v) is 4.47. The normalized spacial score (nSPS) is 10.6. The molecule has 2 rings (SSSR count). The van der Waals surface area contributed by atoms with Gasteiger partial charge in [-0.1, -0.05) is 6.07 Å². The topological polar surface area (TPSA) is 17.1 Å². The molecule has 1 aromatic carbocycles. The first kappa shape index (κ1) is 8.45. The van der Waals surface area contributed by atoms with E-state index in [9.17, 15) is 4.79 Å². The lowest BCUT2D eigenvalue weighted by atomic mass is 10.1. The van der Waals surface area contributed by atoms with Gasteiger partial charge < -0.3 is 0 Å². The van der Waals surface area contributed by atoms with Crippen molar-refractivity contribution in [3.8, 4) is 0 Å². The maximum Gasteiger partial charge on any atom is 0.150 e. The van der Waals surface area contributed by atoms with Crippen LogP contribution in [0.3, 0.4) is 0 Å². The molecule has 2 aromatic rings. The molecule has 0 bridgehead atoms. The largest absolute Gasteiger partial charge is 0.298 e. The van der Waals surface area contributed by atoms with Crippen LogP contribution in [0.15, 0.2) is 18.2 Å². The molecule has 1 nitrogen and oxygen atoms in total. The third-order valence-electron chi connectivity index (χ3n) is 2.20. The van der Waals surface area contributed by atoms with Gasteiger partial charge in [-0.2, -0.15) is 0 Å². The van der Waals surface area contributed by atoms with Crippen LogP contribution in [-0.4, -0.2) is 6.29 Å². The first-order valence-electron chi connectivity index (χ1n) is 4.17. The zero-order valence-electron chi connectivity index (χ0n) is 7.63. The number of hydrogen-bond donors (Lipinski definition) is 0. The average Bonchev–Trinajstić information content (AvgIpc) is 2.45. The van der Waals surface area contributed by atoms with Gasteiger partial charge in [-0.3, -0.25) is 4.79 Å². The lowest BCUT2D eigenvalue weighted by Crippen LogP contribution is -1.85. The standard InChI is InChI=1S/C11H10OS/c1-7-3-4-11-9(10(7)6-12)5-8(2)13-11/h3-6H,1-2H3. The third kappa shape index (κ3) is 1.27. The molecule has 2 heteroatoms. The van der Waals surface area contributed by atoms with Gasteiger partial charge in [0.1, 0.15) is 0 Å². The summed E-state index contributed by atoms with van der Waals surface area (Å²) in [6.45, 7) is 4.03. The van der Waals surface area contributed by atoms with Gasteiger partial charge in [-0.15, -0.1) is 11.3 Å². The zero-order chi connectivity index (χ0) is 9.42. The van der Waals surface area contributed by atoms with Crippen LogP contribution in [0.1, 0.15) is 20.8 Å². The number of thiophene rings is 1. The van der Waals surface area contributed by atoms with Gasteiger partial charge in [0.2, 0.25) is 0 Å². The van der Waals surface area contributed by atoms with E-state index in [1.165, 1.54) is 9.58 Å². The Kier molecular flexibility index (Phi) is 1.93. The predicted molar refractivity (Wildman–Crippen MR) is 56.7 cm³/mol. The van der Waals surface area contributed by atoms with Crippen molar-refractivity contribution in [1.29, 1.82) is 0 Å². The molecule has 1 aromatic heterocycles. The van der Waals surface area contributed by atoms with E-state index in [4.69, 9.17) is 0 Å². The molecule has 13 heavy (non-hydrogen) atoms. The van der Waals surface area contributed by atoms with Crippen LogP contribution in [0.5, 0.6) is 0 Å². The Labute approximate surface area is 81.0 Å². The molecule has 0 unspecified atom stereocenters. The van der Waals surface area contributed by atoms with Crippen LogP contribution in [0.25, 0.3) is 10.1 Å². The van der Waals surface area contributed by atoms with Crippen molar-refractivity contribution in [2.75, 3.05) is 0 Å². The van der Waals surface area contributed by atoms with Crippen molar-refractivity contribution in [3.63, 3.8) is 0 Å². The average molecular weight is 190 g/mol. The first-order chi connectivity index (χ1) is 6.22. The number of aldehydes is 1. The molecule has 0 aliphatic rings. The van der Waals surface area contributed by atoms with E-state index < -0.39 is 0 Å². The number of rotatable bonds is 1. The number of carbonyl (C=O) groups excluding carboxylic acids is 1. The summed E-state index contributed by atoms with van der Waals surface area (Å²) in [4.78, 5) is 12.1. The Hall–Kier alpha value is -1.15. The fraction of sp³-hybridized carbons (Fsp3) is 0.182. The Balaban J connectivity index is 2.90. The summed E-state index contributed by atoms with van der Waals surface area (Å²) in [5.41, 5.74) is 1.89. The van der Waals surface area contributed by atoms with Crippen LogP contribution >= 0.6 is 11.3 Å². The molecule has 0 aliphatic heterocycles. The summed E-state index contributed by atoms with van der Waals surface area (Å²) < 4.78 is 1.20. The SMILES string of the molecule is Cc1cc2c(C=O)c(C)ccc2s1. The molecule has 66 valence electrons. The van der Waals surface area contributed by atoms with Crippen molar-refractivity contribution >= 4 is 27.7 Å². The lowest BCUT2D eigenvalue weighted by Gasteiger charge is -1.98. The van der Waals surface area contributed by atoms with Gasteiger partial charge in [0.25, 0.3) is 0 Å². The van der Waals surface area contributed by atoms with Gasteiger partial charge in [0.15, 0.2) is 6.29 Å². The van der Waals surface area contributed by atoms with Gasteiger partial charge in [-0.25, -0.2) is 0 Å². The first-order valence-corrected chi connectivity index (χ1v) is 4.99. The summed E-state index contributed by atoms with van der Waals surface area (Å²) in [6.07, 6.45) is 0.948. The number of fused-ring (bicyclic) bond motifs is 1. The van der Waals surface area contributed by atoms with E-state index in [2.05, 4.69) is 19.1 Å². The van der Waals surface area contributed by atoms with Crippen molar-refractivity contribution in [3.05, 3.63) is 34.2 Å². The minimum absolute atomic E-state index is 0.835. The zero-order valence-corrected chi connectivity index (χ0v) is 8.44. The molecule has 0 radical (unpaired) electrons. The predicted octanol–water partition coefficient (Wildman–Crippen LogP) is 3.33. The monoisotopic (exact) mass is 190 g/mol. The molecular formula is C11H10OS. The van der Waals surface area contributed by atoms with Crippen molar-refractivity contribution < 1.29 is 4.79 Å².